The summed E-state index contributed by atoms with van der Waals surface area (Å²) in [5.41, 5.74) is 3.84. The minimum absolute atomic E-state index is 0.145. The fourth-order valence-electron chi connectivity index (χ4n) is 4.97. The van der Waals surface area contributed by atoms with Crippen LogP contribution < -0.4 is 10.2 Å². The number of amides is 1. The van der Waals surface area contributed by atoms with Gasteiger partial charge in [-0.1, -0.05) is 37.6 Å². The number of carbonyl (C=O) groups excluding carboxylic acids is 2. The molecule has 34 heavy (non-hydrogen) atoms. The van der Waals surface area contributed by atoms with Gasteiger partial charge in [0.1, 0.15) is 5.60 Å². The zero-order valence-electron chi connectivity index (χ0n) is 20.5. The number of anilines is 2. The van der Waals surface area contributed by atoms with Gasteiger partial charge in [-0.25, -0.2) is 0 Å². The predicted octanol–water partition coefficient (Wildman–Crippen LogP) is 5.44. The molecule has 6 nitrogen and oxygen atoms in total. The lowest BCUT2D eigenvalue weighted by atomic mass is 9.74. The van der Waals surface area contributed by atoms with Crippen molar-refractivity contribution in [1.29, 1.82) is 0 Å². The van der Waals surface area contributed by atoms with Gasteiger partial charge >= 0.3 is 0 Å². The van der Waals surface area contributed by atoms with Crippen molar-refractivity contribution in [2.75, 3.05) is 30.0 Å². The Morgan fingerprint density at radius 1 is 1.18 bits per heavy atom. The maximum atomic E-state index is 13.2. The average Bonchev–Trinajstić information content (AvgIpc) is 2.81. The number of carbonyl (C=O) groups is 2. The summed E-state index contributed by atoms with van der Waals surface area (Å²) in [4.78, 5) is 26.9. The highest BCUT2D eigenvalue weighted by atomic mass is 16.5. The smallest absolute Gasteiger partial charge is 0.293 e. The number of hydrogen-bond acceptors (Lipinski definition) is 5. The van der Waals surface area contributed by atoms with E-state index in [0.717, 1.165) is 74.4 Å². The van der Waals surface area contributed by atoms with Crippen LogP contribution in [0.1, 0.15) is 67.4 Å². The van der Waals surface area contributed by atoms with E-state index in [1.165, 1.54) is 0 Å². The van der Waals surface area contributed by atoms with Crippen molar-refractivity contribution >= 4 is 23.8 Å². The molecule has 2 aromatic rings. The molecule has 0 spiro atoms. The first-order valence-electron chi connectivity index (χ1n) is 12.4. The van der Waals surface area contributed by atoms with Crippen molar-refractivity contribution < 1.29 is 19.1 Å². The van der Waals surface area contributed by atoms with Gasteiger partial charge in [0, 0.05) is 31.4 Å². The van der Waals surface area contributed by atoms with Crippen LogP contribution in [0.3, 0.4) is 0 Å². The number of rotatable bonds is 9. The molecule has 0 atom stereocenters. The van der Waals surface area contributed by atoms with E-state index in [-0.39, 0.29) is 5.91 Å². The molecule has 1 saturated heterocycles. The second-order valence-corrected chi connectivity index (χ2v) is 10.0. The Morgan fingerprint density at radius 2 is 1.88 bits per heavy atom. The molecule has 1 aliphatic heterocycles. The first-order chi connectivity index (χ1) is 16.4. The number of benzene rings is 2. The van der Waals surface area contributed by atoms with Crippen LogP contribution in [-0.2, 0) is 19.9 Å². The fourth-order valence-corrected chi connectivity index (χ4v) is 4.97. The quantitative estimate of drug-likeness (QED) is 0.501. The number of aryl methyl sites for hydroxylation is 1. The van der Waals surface area contributed by atoms with E-state index in [9.17, 15) is 9.59 Å². The highest BCUT2D eigenvalue weighted by Gasteiger charge is 2.41. The number of nitrogens with one attached hydrogen (secondary N) is 1. The topological polar surface area (TPSA) is 67.9 Å². The highest BCUT2D eigenvalue weighted by Crippen LogP contribution is 2.46. The molecule has 0 unspecified atom stereocenters. The lowest BCUT2D eigenvalue weighted by molar-refractivity contribution is -0.155. The van der Waals surface area contributed by atoms with Crippen LogP contribution in [0.25, 0.3) is 0 Å². The van der Waals surface area contributed by atoms with E-state index in [0.29, 0.717) is 24.0 Å². The summed E-state index contributed by atoms with van der Waals surface area (Å²) >= 11 is 0. The Labute approximate surface area is 202 Å². The first-order valence-corrected chi connectivity index (χ1v) is 12.4. The largest absolute Gasteiger partial charge is 0.456 e. The van der Waals surface area contributed by atoms with E-state index < -0.39 is 5.60 Å². The summed E-state index contributed by atoms with van der Waals surface area (Å²) in [6, 6.07) is 14.1. The molecule has 1 amide bonds. The lowest BCUT2D eigenvalue weighted by Gasteiger charge is -2.42. The molecule has 2 aliphatic rings. The van der Waals surface area contributed by atoms with Crippen LogP contribution in [0.4, 0.5) is 11.4 Å². The summed E-state index contributed by atoms with van der Waals surface area (Å²) in [5, 5.41) is 3.19. The maximum absolute atomic E-state index is 13.2. The molecule has 2 fully saturated rings. The second kappa shape index (κ2) is 10.6. The molecule has 0 bridgehead atoms. The van der Waals surface area contributed by atoms with Gasteiger partial charge in [-0.3, -0.25) is 9.59 Å². The maximum Gasteiger partial charge on any atom is 0.293 e. The van der Waals surface area contributed by atoms with Crippen LogP contribution in [0.15, 0.2) is 42.5 Å². The summed E-state index contributed by atoms with van der Waals surface area (Å²) in [5.74, 6) is 0.313. The Hall–Kier alpha value is -2.86. The highest BCUT2D eigenvalue weighted by molar-refractivity contribution is 6.06. The zero-order valence-corrected chi connectivity index (χ0v) is 20.5. The van der Waals surface area contributed by atoms with E-state index in [4.69, 9.17) is 9.47 Å². The van der Waals surface area contributed by atoms with Crippen LogP contribution in [0.2, 0.25) is 0 Å². The molecule has 1 heterocycles. The first kappa shape index (κ1) is 24.3. The van der Waals surface area contributed by atoms with Crippen molar-refractivity contribution in [2.45, 2.75) is 64.5 Å². The van der Waals surface area contributed by atoms with Crippen LogP contribution >= 0.6 is 0 Å². The zero-order chi connectivity index (χ0) is 24.1. The third-order valence-corrected chi connectivity index (χ3v) is 7.02. The number of nitrogens with zero attached hydrogens (tertiary/aromatic N) is 1. The van der Waals surface area contributed by atoms with Crippen LogP contribution in [-0.4, -0.2) is 38.2 Å². The van der Waals surface area contributed by atoms with Gasteiger partial charge in [0.05, 0.1) is 11.4 Å². The number of hydrogen-bond donors (Lipinski definition) is 1. The minimum Gasteiger partial charge on any atom is -0.456 e. The van der Waals surface area contributed by atoms with Crippen molar-refractivity contribution in [2.24, 2.45) is 5.92 Å². The van der Waals surface area contributed by atoms with Gasteiger partial charge in [-0.15, -0.1) is 0 Å². The average molecular weight is 465 g/mol. The van der Waals surface area contributed by atoms with E-state index >= 15 is 0 Å². The summed E-state index contributed by atoms with van der Waals surface area (Å²) in [7, 11) is 0. The molecule has 4 rings (SSSR count). The molecule has 182 valence electrons. The molecular formula is C28H36N2O4. The van der Waals surface area contributed by atoms with Gasteiger partial charge in [0.2, 0.25) is 0 Å². The van der Waals surface area contributed by atoms with Gasteiger partial charge < -0.3 is 19.7 Å². The Bertz CT molecular complexity index is 992. The summed E-state index contributed by atoms with van der Waals surface area (Å²) in [6.07, 6.45) is 4.52. The van der Waals surface area contributed by atoms with Crippen LogP contribution in [0.5, 0.6) is 0 Å². The van der Waals surface area contributed by atoms with Crippen molar-refractivity contribution in [1.82, 2.24) is 0 Å². The van der Waals surface area contributed by atoms with Gasteiger partial charge in [0.25, 0.3) is 12.4 Å². The molecule has 1 aliphatic carbocycles. The normalized spacial score (nSPS) is 17.6. The second-order valence-electron chi connectivity index (χ2n) is 10.0. The third-order valence-electron chi connectivity index (χ3n) is 7.02. The summed E-state index contributed by atoms with van der Waals surface area (Å²) in [6.45, 7) is 9.36. The molecule has 0 radical (unpaired) electrons. The molecule has 1 N–H and O–H groups in total. The van der Waals surface area contributed by atoms with Crippen molar-refractivity contribution in [3.8, 4) is 0 Å². The Morgan fingerprint density at radius 3 is 2.47 bits per heavy atom. The van der Waals surface area contributed by atoms with E-state index in [1.807, 2.05) is 37.3 Å². The van der Waals surface area contributed by atoms with Crippen LogP contribution in [0, 0.1) is 12.8 Å². The molecule has 6 heteroatoms. The van der Waals surface area contributed by atoms with E-state index in [1.54, 1.807) is 0 Å². The molecule has 0 aromatic heterocycles. The molecule has 2 aromatic carbocycles. The monoisotopic (exact) mass is 464 g/mol. The molecular weight excluding hydrogens is 428 g/mol. The fraction of sp³-hybridized carbons (Fsp3) is 0.500. The molecule has 1 saturated carbocycles. The van der Waals surface area contributed by atoms with Crippen molar-refractivity contribution in [3.63, 3.8) is 0 Å². The lowest BCUT2D eigenvalue weighted by Crippen LogP contribution is -2.42. The van der Waals surface area contributed by atoms with E-state index in [2.05, 4.69) is 36.2 Å². The summed E-state index contributed by atoms with van der Waals surface area (Å²) < 4.78 is 11.2. The Kier molecular flexibility index (Phi) is 7.57. The minimum atomic E-state index is -0.592. The van der Waals surface area contributed by atoms with Gasteiger partial charge in [-0.2, -0.15) is 0 Å². The van der Waals surface area contributed by atoms with Gasteiger partial charge in [0.15, 0.2) is 0 Å². The standard InChI is InChI=1S/C28H36N2O4/c1-20(2)18-30(24-11-15-33-16-12-24)26-10-9-23(28(34-19-31)13-4-14-28)17-25(26)29-27(32)22-7-5-21(3)6-8-22/h5-10,17,19-20,24H,4,11-16,18H2,1-3H3,(H,29,32). The predicted molar refractivity (Wildman–Crippen MR) is 134 cm³/mol. The Balaban J connectivity index is 1.73. The van der Waals surface area contributed by atoms with Gasteiger partial charge in [-0.05, 0) is 74.8 Å². The SMILES string of the molecule is Cc1ccc(C(=O)Nc2cc(C3(OC=O)CCC3)ccc2N(CC(C)C)C2CCOCC2)cc1. The third kappa shape index (κ3) is 5.27. The number of ether oxygens (including phenoxy) is 2. The van der Waals surface area contributed by atoms with Crippen molar-refractivity contribution in [3.05, 3.63) is 59.2 Å².